The third-order valence-corrected chi connectivity index (χ3v) is 2.90. The Bertz CT molecular complexity index is 578. The van der Waals surface area contributed by atoms with E-state index in [9.17, 15) is 4.79 Å². The molecule has 106 valence electrons. The number of anilines is 1. The van der Waals surface area contributed by atoms with Crippen LogP contribution in [0.2, 0.25) is 0 Å². The molecule has 0 spiro atoms. The molecule has 1 aromatic carbocycles. The topological polar surface area (TPSA) is 67.0 Å². The van der Waals surface area contributed by atoms with Gasteiger partial charge in [0.05, 0.1) is 12.8 Å². The molecular formula is C15H19N3O2. The second-order valence-electron chi connectivity index (χ2n) is 4.74. The summed E-state index contributed by atoms with van der Waals surface area (Å²) in [5, 5.41) is 9.39. The first-order chi connectivity index (χ1) is 9.65. The quantitative estimate of drug-likeness (QED) is 0.795. The highest BCUT2D eigenvalue weighted by Gasteiger charge is 2.06. The summed E-state index contributed by atoms with van der Waals surface area (Å²) in [5.74, 6) is 1.47. The summed E-state index contributed by atoms with van der Waals surface area (Å²) in [4.78, 5) is 11.7. The van der Waals surface area contributed by atoms with Gasteiger partial charge in [0.25, 0.3) is 0 Å². The van der Waals surface area contributed by atoms with Crippen molar-refractivity contribution in [3.63, 3.8) is 0 Å². The molecule has 2 N–H and O–H groups in total. The second kappa shape index (κ2) is 6.75. The molecule has 5 heteroatoms. The molecular weight excluding hydrogens is 254 g/mol. The molecule has 0 saturated heterocycles. The molecule has 0 bridgehead atoms. The number of amides is 1. The van der Waals surface area contributed by atoms with E-state index < -0.39 is 0 Å². The molecule has 1 amide bonds. The van der Waals surface area contributed by atoms with Crippen molar-refractivity contribution in [2.45, 2.75) is 26.7 Å². The molecule has 0 aliphatic heterocycles. The number of benzene rings is 1. The molecule has 0 saturated carbocycles. The number of carbonyl (C=O) groups is 1. The van der Waals surface area contributed by atoms with Crippen LogP contribution in [0.4, 0.5) is 5.82 Å². The first-order valence-corrected chi connectivity index (χ1v) is 6.64. The average molecular weight is 273 g/mol. The van der Waals surface area contributed by atoms with E-state index in [0.29, 0.717) is 25.3 Å². The number of ether oxygens (including phenoxy) is 1. The minimum Gasteiger partial charge on any atom is -0.494 e. The maximum absolute atomic E-state index is 11.7. The van der Waals surface area contributed by atoms with Crippen LogP contribution >= 0.6 is 0 Å². The summed E-state index contributed by atoms with van der Waals surface area (Å²) >= 11 is 0. The number of rotatable bonds is 6. The molecule has 1 heterocycles. The van der Waals surface area contributed by atoms with E-state index in [1.807, 2.05) is 38.1 Å². The Kier molecular flexibility index (Phi) is 4.76. The van der Waals surface area contributed by atoms with Gasteiger partial charge in [-0.1, -0.05) is 12.1 Å². The maximum Gasteiger partial charge on any atom is 0.225 e. The lowest BCUT2D eigenvalue weighted by atomic mass is 10.2. The van der Waals surface area contributed by atoms with Gasteiger partial charge in [-0.15, -0.1) is 0 Å². The standard InChI is InChI=1S/C15H19N3O2/c1-11-5-3-6-13(9-11)20-8-4-7-14(19)17-15-12(2)10-16-18-15/h3,5-6,9-10H,4,7-8H2,1-2H3,(H2,16,17,18,19). The van der Waals surface area contributed by atoms with Crippen molar-refractivity contribution in [3.05, 3.63) is 41.6 Å². The first kappa shape index (κ1) is 14.1. The van der Waals surface area contributed by atoms with Crippen molar-refractivity contribution in [2.75, 3.05) is 11.9 Å². The summed E-state index contributed by atoms with van der Waals surface area (Å²) in [5.41, 5.74) is 2.09. The Hall–Kier alpha value is -2.30. The van der Waals surface area contributed by atoms with Crippen molar-refractivity contribution in [3.8, 4) is 5.75 Å². The molecule has 2 aromatic rings. The molecule has 1 aromatic heterocycles. The number of aromatic nitrogens is 2. The third kappa shape index (κ3) is 4.12. The van der Waals surface area contributed by atoms with Crippen LogP contribution in [0, 0.1) is 13.8 Å². The molecule has 0 atom stereocenters. The molecule has 0 aliphatic carbocycles. The summed E-state index contributed by atoms with van der Waals surface area (Å²) < 4.78 is 5.60. The van der Waals surface area contributed by atoms with E-state index in [1.165, 1.54) is 0 Å². The smallest absolute Gasteiger partial charge is 0.225 e. The molecule has 20 heavy (non-hydrogen) atoms. The van der Waals surface area contributed by atoms with E-state index in [4.69, 9.17) is 4.74 Å². The fourth-order valence-electron chi connectivity index (χ4n) is 1.80. The van der Waals surface area contributed by atoms with Crippen molar-refractivity contribution < 1.29 is 9.53 Å². The summed E-state index contributed by atoms with van der Waals surface area (Å²) in [7, 11) is 0. The minimum absolute atomic E-state index is 0.0369. The number of carbonyl (C=O) groups excluding carboxylic acids is 1. The van der Waals surface area contributed by atoms with Crippen molar-refractivity contribution in [1.29, 1.82) is 0 Å². The number of hydrogen-bond donors (Lipinski definition) is 2. The van der Waals surface area contributed by atoms with Gasteiger partial charge in [0.15, 0.2) is 0 Å². The van der Waals surface area contributed by atoms with Crippen LogP contribution < -0.4 is 10.1 Å². The Morgan fingerprint density at radius 2 is 2.25 bits per heavy atom. The lowest BCUT2D eigenvalue weighted by Crippen LogP contribution is -2.13. The number of hydrogen-bond acceptors (Lipinski definition) is 3. The van der Waals surface area contributed by atoms with Gasteiger partial charge in [0, 0.05) is 12.0 Å². The Balaban J connectivity index is 1.68. The Morgan fingerprint density at radius 3 is 2.95 bits per heavy atom. The highest BCUT2D eigenvalue weighted by Crippen LogP contribution is 2.13. The average Bonchev–Trinajstić information content (AvgIpc) is 2.80. The normalized spacial score (nSPS) is 10.3. The summed E-state index contributed by atoms with van der Waals surface area (Å²) in [6.07, 6.45) is 2.77. The number of nitrogens with zero attached hydrogens (tertiary/aromatic N) is 1. The van der Waals surface area contributed by atoms with Crippen molar-refractivity contribution in [2.24, 2.45) is 0 Å². The molecule has 5 nitrogen and oxygen atoms in total. The number of aromatic amines is 1. The monoisotopic (exact) mass is 273 g/mol. The number of aryl methyl sites for hydroxylation is 2. The van der Waals surface area contributed by atoms with Gasteiger partial charge in [-0.2, -0.15) is 5.10 Å². The lowest BCUT2D eigenvalue weighted by Gasteiger charge is -2.07. The molecule has 0 radical (unpaired) electrons. The van der Waals surface area contributed by atoms with Crippen molar-refractivity contribution in [1.82, 2.24) is 10.2 Å². The van der Waals surface area contributed by atoms with Gasteiger partial charge < -0.3 is 10.1 Å². The van der Waals surface area contributed by atoms with E-state index >= 15 is 0 Å². The summed E-state index contributed by atoms with van der Waals surface area (Å²) in [6.45, 7) is 4.44. The van der Waals surface area contributed by atoms with E-state index in [-0.39, 0.29) is 5.91 Å². The fourth-order valence-corrected chi connectivity index (χ4v) is 1.80. The molecule has 0 aliphatic rings. The van der Waals surface area contributed by atoms with Gasteiger partial charge >= 0.3 is 0 Å². The van der Waals surface area contributed by atoms with Crippen molar-refractivity contribution >= 4 is 11.7 Å². The molecule has 0 fully saturated rings. The van der Waals surface area contributed by atoms with Gasteiger partial charge in [-0.05, 0) is 38.0 Å². The van der Waals surface area contributed by atoms with Gasteiger partial charge in [-0.25, -0.2) is 0 Å². The predicted octanol–water partition coefficient (Wildman–Crippen LogP) is 2.82. The third-order valence-electron chi connectivity index (χ3n) is 2.90. The van der Waals surface area contributed by atoms with Crippen LogP contribution in [0.3, 0.4) is 0 Å². The molecule has 0 unspecified atom stereocenters. The van der Waals surface area contributed by atoms with E-state index in [2.05, 4.69) is 15.5 Å². The zero-order valence-electron chi connectivity index (χ0n) is 11.8. The number of nitrogens with one attached hydrogen (secondary N) is 2. The van der Waals surface area contributed by atoms with Crippen LogP contribution in [0.5, 0.6) is 5.75 Å². The van der Waals surface area contributed by atoms with Crippen LogP contribution in [-0.4, -0.2) is 22.7 Å². The van der Waals surface area contributed by atoms with Gasteiger partial charge in [0.1, 0.15) is 11.6 Å². The van der Waals surface area contributed by atoms with Crippen LogP contribution in [0.1, 0.15) is 24.0 Å². The van der Waals surface area contributed by atoms with Crippen LogP contribution in [0.25, 0.3) is 0 Å². The zero-order chi connectivity index (χ0) is 14.4. The summed E-state index contributed by atoms with van der Waals surface area (Å²) in [6, 6.07) is 7.88. The molecule has 2 rings (SSSR count). The maximum atomic E-state index is 11.7. The first-order valence-electron chi connectivity index (χ1n) is 6.64. The van der Waals surface area contributed by atoms with Gasteiger partial charge in [0.2, 0.25) is 5.91 Å². The highest BCUT2D eigenvalue weighted by atomic mass is 16.5. The van der Waals surface area contributed by atoms with E-state index in [0.717, 1.165) is 16.9 Å². The Morgan fingerprint density at radius 1 is 1.40 bits per heavy atom. The zero-order valence-corrected chi connectivity index (χ0v) is 11.8. The largest absolute Gasteiger partial charge is 0.494 e. The SMILES string of the molecule is Cc1cccc(OCCCC(=O)Nc2[nH]ncc2C)c1. The van der Waals surface area contributed by atoms with E-state index in [1.54, 1.807) is 6.20 Å². The highest BCUT2D eigenvalue weighted by molar-refractivity contribution is 5.90. The second-order valence-corrected chi connectivity index (χ2v) is 4.74. The predicted molar refractivity (Wildman–Crippen MR) is 77.9 cm³/mol. The van der Waals surface area contributed by atoms with Crippen LogP contribution in [-0.2, 0) is 4.79 Å². The number of H-pyrrole nitrogens is 1. The fraction of sp³-hybridized carbons (Fsp3) is 0.333. The van der Waals surface area contributed by atoms with Crippen LogP contribution in [0.15, 0.2) is 30.5 Å². The van der Waals surface area contributed by atoms with Gasteiger partial charge in [-0.3, -0.25) is 9.89 Å². The minimum atomic E-state index is -0.0369. The Labute approximate surface area is 118 Å². The lowest BCUT2D eigenvalue weighted by molar-refractivity contribution is -0.116.